The van der Waals surface area contributed by atoms with E-state index in [0.717, 1.165) is 0 Å². The predicted molar refractivity (Wildman–Crippen MR) is 46.0 cm³/mol. The molecule has 1 saturated heterocycles. The van der Waals surface area contributed by atoms with Crippen molar-refractivity contribution in [2.45, 2.75) is 13.0 Å². The van der Waals surface area contributed by atoms with E-state index in [-0.39, 0.29) is 17.9 Å². The molecule has 1 aliphatic heterocycles. The SMILES string of the molecule is CCOC(=O)[C@@H]1CS(=O)C[C@@H]1N. The van der Waals surface area contributed by atoms with E-state index in [1.54, 1.807) is 6.92 Å². The van der Waals surface area contributed by atoms with Gasteiger partial charge in [-0.15, -0.1) is 0 Å². The molecule has 1 rings (SSSR count). The van der Waals surface area contributed by atoms with Crippen molar-refractivity contribution in [3.8, 4) is 0 Å². The van der Waals surface area contributed by atoms with Crippen LogP contribution < -0.4 is 5.73 Å². The van der Waals surface area contributed by atoms with Crippen LogP contribution in [0.3, 0.4) is 0 Å². The van der Waals surface area contributed by atoms with Crippen LogP contribution in [0, 0.1) is 5.92 Å². The standard InChI is InChI=1S/C7H13NO3S/c1-2-11-7(9)5-3-12(10)4-6(5)8/h5-6H,2-4,8H2,1H3/t5-,6+,12?/m1/s1. The van der Waals surface area contributed by atoms with Gasteiger partial charge in [0, 0.05) is 28.3 Å². The summed E-state index contributed by atoms with van der Waals surface area (Å²) >= 11 is 0. The first kappa shape index (κ1) is 9.67. The molecular formula is C7H13NO3S. The fourth-order valence-corrected chi connectivity index (χ4v) is 2.80. The third-order valence-electron chi connectivity index (χ3n) is 1.85. The van der Waals surface area contributed by atoms with E-state index in [4.69, 9.17) is 10.5 Å². The minimum atomic E-state index is -0.933. The Labute approximate surface area is 73.9 Å². The Hall–Kier alpha value is -0.420. The van der Waals surface area contributed by atoms with Crippen LogP contribution in [0.5, 0.6) is 0 Å². The van der Waals surface area contributed by atoms with E-state index in [1.807, 2.05) is 0 Å². The molecule has 1 fully saturated rings. The smallest absolute Gasteiger partial charge is 0.311 e. The van der Waals surface area contributed by atoms with Crippen molar-refractivity contribution in [3.63, 3.8) is 0 Å². The van der Waals surface area contributed by atoms with Crippen LogP contribution >= 0.6 is 0 Å². The van der Waals surface area contributed by atoms with Crippen molar-refractivity contribution in [3.05, 3.63) is 0 Å². The lowest BCUT2D eigenvalue weighted by molar-refractivity contribution is -0.147. The Morgan fingerprint density at radius 3 is 2.75 bits per heavy atom. The van der Waals surface area contributed by atoms with Crippen LogP contribution in [-0.4, -0.2) is 34.3 Å². The third kappa shape index (κ3) is 2.04. The van der Waals surface area contributed by atoms with Crippen molar-refractivity contribution < 1.29 is 13.7 Å². The van der Waals surface area contributed by atoms with Gasteiger partial charge in [-0.3, -0.25) is 9.00 Å². The molecule has 0 amide bonds. The summed E-state index contributed by atoms with van der Waals surface area (Å²) in [6.07, 6.45) is 0. The quantitative estimate of drug-likeness (QED) is 0.583. The van der Waals surface area contributed by atoms with Gasteiger partial charge in [-0.25, -0.2) is 0 Å². The Morgan fingerprint density at radius 2 is 2.33 bits per heavy atom. The van der Waals surface area contributed by atoms with Crippen LogP contribution in [0.2, 0.25) is 0 Å². The molecule has 5 heteroatoms. The fourth-order valence-electron chi connectivity index (χ4n) is 1.21. The molecule has 1 heterocycles. The number of carbonyl (C=O) groups is 1. The fraction of sp³-hybridized carbons (Fsp3) is 0.857. The maximum absolute atomic E-state index is 11.2. The van der Waals surface area contributed by atoms with E-state index in [1.165, 1.54) is 0 Å². The number of esters is 1. The van der Waals surface area contributed by atoms with E-state index in [2.05, 4.69) is 0 Å². The molecule has 70 valence electrons. The van der Waals surface area contributed by atoms with Crippen molar-refractivity contribution in [2.75, 3.05) is 18.1 Å². The summed E-state index contributed by atoms with van der Waals surface area (Å²) in [6, 6.07) is -0.287. The maximum atomic E-state index is 11.2. The van der Waals surface area contributed by atoms with Gasteiger partial charge < -0.3 is 10.5 Å². The van der Waals surface area contributed by atoms with Gasteiger partial charge in [0.1, 0.15) is 0 Å². The van der Waals surface area contributed by atoms with Crippen LogP contribution in [0.4, 0.5) is 0 Å². The minimum absolute atomic E-state index is 0.287. The highest BCUT2D eigenvalue weighted by molar-refractivity contribution is 7.85. The number of ether oxygens (including phenoxy) is 1. The Kier molecular flexibility index (Phi) is 3.22. The lowest BCUT2D eigenvalue weighted by Gasteiger charge is -2.11. The molecular weight excluding hydrogens is 178 g/mol. The zero-order chi connectivity index (χ0) is 9.14. The minimum Gasteiger partial charge on any atom is -0.466 e. The molecule has 4 nitrogen and oxygen atoms in total. The first-order valence-electron chi connectivity index (χ1n) is 3.92. The maximum Gasteiger partial charge on any atom is 0.311 e. The second kappa shape index (κ2) is 4.00. The van der Waals surface area contributed by atoms with Gasteiger partial charge in [0.25, 0.3) is 0 Å². The number of carbonyl (C=O) groups excluding carboxylic acids is 1. The Morgan fingerprint density at radius 1 is 1.67 bits per heavy atom. The summed E-state index contributed by atoms with van der Waals surface area (Å²) in [5.74, 6) is 0.116. The van der Waals surface area contributed by atoms with Crippen LogP contribution in [-0.2, 0) is 20.3 Å². The molecule has 2 N–H and O–H groups in total. The summed E-state index contributed by atoms with van der Waals surface area (Å²) in [7, 11) is -0.933. The summed E-state index contributed by atoms with van der Waals surface area (Å²) in [6.45, 7) is 2.10. The van der Waals surface area contributed by atoms with Gasteiger partial charge in [-0.2, -0.15) is 0 Å². The van der Waals surface area contributed by atoms with E-state index >= 15 is 0 Å². The largest absolute Gasteiger partial charge is 0.466 e. The summed E-state index contributed by atoms with van der Waals surface area (Å²) in [5.41, 5.74) is 5.61. The van der Waals surface area contributed by atoms with Gasteiger partial charge in [-0.05, 0) is 6.92 Å². The van der Waals surface area contributed by atoms with Crippen molar-refractivity contribution in [1.29, 1.82) is 0 Å². The van der Waals surface area contributed by atoms with Crippen molar-refractivity contribution in [2.24, 2.45) is 11.7 Å². The second-order valence-electron chi connectivity index (χ2n) is 2.80. The second-order valence-corrected chi connectivity index (χ2v) is 4.34. The average molecular weight is 191 g/mol. The van der Waals surface area contributed by atoms with Gasteiger partial charge in [-0.1, -0.05) is 0 Å². The third-order valence-corrected chi connectivity index (χ3v) is 3.34. The van der Waals surface area contributed by atoms with Crippen molar-refractivity contribution >= 4 is 16.8 Å². The zero-order valence-corrected chi connectivity index (χ0v) is 7.80. The highest BCUT2D eigenvalue weighted by Gasteiger charge is 2.35. The predicted octanol–water partition coefficient (Wildman–Crippen LogP) is -0.745. The number of hydrogen-bond acceptors (Lipinski definition) is 4. The molecule has 0 saturated carbocycles. The van der Waals surface area contributed by atoms with Gasteiger partial charge in [0.15, 0.2) is 0 Å². The molecule has 1 aliphatic rings. The summed E-state index contributed by atoms with van der Waals surface area (Å²) in [5, 5.41) is 0. The lowest BCUT2D eigenvalue weighted by Crippen LogP contribution is -2.35. The van der Waals surface area contributed by atoms with Crippen LogP contribution in [0.15, 0.2) is 0 Å². The zero-order valence-electron chi connectivity index (χ0n) is 6.99. The molecule has 0 aromatic carbocycles. The molecule has 3 atom stereocenters. The first-order chi connectivity index (χ1) is 5.65. The monoisotopic (exact) mass is 191 g/mol. The highest BCUT2D eigenvalue weighted by Crippen LogP contribution is 2.15. The van der Waals surface area contributed by atoms with E-state index in [9.17, 15) is 9.00 Å². The van der Waals surface area contributed by atoms with E-state index < -0.39 is 10.8 Å². The molecule has 12 heavy (non-hydrogen) atoms. The molecule has 0 radical (unpaired) electrons. The topological polar surface area (TPSA) is 69.4 Å². The average Bonchev–Trinajstić information content (AvgIpc) is 2.30. The van der Waals surface area contributed by atoms with Gasteiger partial charge >= 0.3 is 5.97 Å². The first-order valence-corrected chi connectivity index (χ1v) is 5.41. The number of rotatable bonds is 2. The summed E-state index contributed by atoms with van der Waals surface area (Å²) < 4.78 is 15.8. The number of hydrogen-bond donors (Lipinski definition) is 1. The highest BCUT2D eigenvalue weighted by atomic mass is 32.2. The molecule has 1 unspecified atom stereocenters. The molecule has 0 aromatic rings. The van der Waals surface area contributed by atoms with Gasteiger partial charge in [0.05, 0.1) is 12.5 Å². The molecule has 0 aliphatic carbocycles. The molecule has 0 bridgehead atoms. The lowest BCUT2D eigenvalue weighted by atomic mass is 10.1. The summed E-state index contributed by atoms with van der Waals surface area (Å²) in [4.78, 5) is 11.2. The molecule has 0 spiro atoms. The molecule has 0 aromatic heterocycles. The van der Waals surface area contributed by atoms with Crippen LogP contribution in [0.1, 0.15) is 6.92 Å². The Balaban J connectivity index is 2.52. The Bertz CT molecular complexity index is 207. The van der Waals surface area contributed by atoms with Crippen LogP contribution in [0.25, 0.3) is 0 Å². The normalized spacial score (nSPS) is 35.0. The number of nitrogens with two attached hydrogens (primary N) is 1. The van der Waals surface area contributed by atoms with E-state index in [0.29, 0.717) is 18.1 Å². The van der Waals surface area contributed by atoms with Crippen molar-refractivity contribution in [1.82, 2.24) is 0 Å². The van der Waals surface area contributed by atoms with Gasteiger partial charge in [0.2, 0.25) is 0 Å².